The zero-order valence-corrected chi connectivity index (χ0v) is 10.6. The van der Waals surface area contributed by atoms with E-state index < -0.39 is 18.0 Å². The van der Waals surface area contributed by atoms with Gasteiger partial charge in [0.1, 0.15) is 5.75 Å². The SMILES string of the molecule is Nc1cccc(C(=O)Nc2cccc(OC(F)(F)F)c2)c1. The zero-order chi connectivity index (χ0) is 15.5. The van der Waals surface area contributed by atoms with Gasteiger partial charge in [-0.2, -0.15) is 0 Å². The van der Waals surface area contributed by atoms with E-state index in [1.54, 1.807) is 18.2 Å². The third kappa shape index (κ3) is 4.41. The van der Waals surface area contributed by atoms with Crippen LogP contribution in [0.25, 0.3) is 0 Å². The van der Waals surface area contributed by atoms with Gasteiger partial charge in [-0.05, 0) is 30.3 Å². The molecule has 0 saturated carbocycles. The number of amides is 1. The van der Waals surface area contributed by atoms with E-state index in [2.05, 4.69) is 10.1 Å². The van der Waals surface area contributed by atoms with Crippen LogP contribution in [0.2, 0.25) is 0 Å². The first-order valence-electron chi connectivity index (χ1n) is 5.86. The van der Waals surface area contributed by atoms with Crippen LogP contribution in [0, 0.1) is 0 Å². The van der Waals surface area contributed by atoms with Crippen LogP contribution in [0.3, 0.4) is 0 Å². The number of anilines is 2. The molecule has 110 valence electrons. The Morgan fingerprint density at radius 3 is 2.48 bits per heavy atom. The number of alkyl halides is 3. The Morgan fingerprint density at radius 1 is 1.10 bits per heavy atom. The number of carbonyl (C=O) groups is 1. The molecule has 0 saturated heterocycles. The van der Waals surface area contributed by atoms with Crippen molar-refractivity contribution in [1.82, 2.24) is 0 Å². The Balaban J connectivity index is 2.13. The van der Waals surface area contributed by atoms with E-state index in [1.165, 1.54) is 18.2 Å². The molecule has 0 aromatic heterocycles. The molecule has 2 aromatic carbocycles. The van der Waals surface area contributed by atoms with E-state index in [-0.39, 0.29) is 5.69 Å². The van der Waals surface area contributed by atoms with Gasteiger partial charge < -0.3 is 15.8 Å². The second-order valence-corrected chi connectivity index (χ2v) is 4.16. The van der Waals surface area contributed by atoms with E-state index in [0.717, 1.165) is 12.1 Å². The number of ether oxygens (including phenoxy) is 1. The number of hydrogen-bond acceptors (Lipinski definition) is 3. The third-order valence-corrected chi connectivity index (χ3v) is 2.47. The lowest BCUT2D eigenvalue weighted by atomic mass is 10.2. The number of rotatable bonds is 3. The number of nitrogens with one attached hydrogen (secondary N) is 1. The smallest absolute Gasteiger partial charge is 0.406 e. The number of halogens is 3. The molecule has 0 aliphatic heterocycles. The predicted molar refractivity (Wildman–Crippen MR) is 71.9 cm³/mol. The van der Waals surface area contributed by atoms with Crippen LogP contribution in [0.1, 0.15) is 10.4 Å². The van der Waals surface area contributed by atoms with Crippen LogP contribution >= 0.6 is 0 Å². The molecule has 3 N–H and O–H groups in total. The van der Waals surface area contributed by atoms with Crippen molar-refractivity contribution in [3.63, 3.8) is 0 Å². The van der Waals surface area contributed by atoms with Gasteiger partial charge >= 0.3 is 6.36 Å². The molecule has 2 rings (SSSR count). The Hall–Kier alpha value is -2.70. The number of nitrogens with two attached hydrogens (primary N) is 1. The van der Waals surface area contributed by atoms with E-state index >= 15 is 0 Å². The summed E-state index contributed by atoms with van der Waals surface area (Å²) in [5.41, 5.74) is 6.46. The maximum Gasteiger partial charge on any atom is 0.573 e. The molecule has 0 atom stereocenters. The Kier molecular flexibility index (Phi) is 4.02. The first kappa shape index (κ1) is 14.7. The monoisotopic (exact) mass is 296 g/mol. The summed E-state index contributed by atoms with van der Waals surface area (Å²) in [7, 11) is 0. The van der Waals surface area contributed by atoms with Gasteiger partial charge in [0.2, 0.25) is 0 Å². The van der Waals surface area contributed by atoms with Gasteiger partial charge in [0.05, 0.1) is 0 Å². The van der Waals surface area contributed by atoms with Gasteiger partial charge in [-0.15, -0.1) is 13.2 Å². The van der Waals surface area contributed by atoms with Crippen LogP contribution in [-0.4, -0.2) is 12.3 Å². The first-order valence-corrected chi connectivity index (χ1v) is 5.86. The molecule has 0 bridgehead atoms. The molecule has 21 heavy (non-hydrogen) atoms. The summed E-state index contributed by atoms with van der Waals surface area (Å²) in [6.07, 6.45) is -4.78. The van der Waals surface area contributed by atoms with Crippen LogP contribution in [-0.2, 0) is 0 Å². The topological polar surface area (TPSA) is 64.4 Å². The number of benzene rings is 2. The van der Waals surface area contributed by atoms with Crippen molar-refractivity contribution in [3.8, 4) is 5.75 Å². The van der Waals surface area contributed by atoms with Crippen molar-refractivity contribution >= 4 is 17.3 Å². The predicted octanol–water partition coefficient (Wildman–Crippen LogP) is 3.42. The minimum atomic E-state index is -4.78. The molecule has 2 aromatic rings. The third-order valence-electron chi connectivity index (χ3n) is 2.47. The van der Waals surface area contributed by atoms with Crippen LogP contribution in [0.4, 0.5) is 24.5 Å². The van der Waals surface area contributed by atoms with Crippen molar-refractivity contribution in [2.24, 2.45) is 0 Å². The molecule has 0 spiro atoms. The van der Waals surface area contributed by atoms with Gasteiger partial charge in [0.15, 0.2) is 0 Å². The molecule has 0 unspecified atom stereocenters. The molecule has 0 radical (unpaired) electrons. The molecule has 7 heteroatoms. The Labute approximate surface area is 118 Å². The Morgan fingerprint density at radius 2 is 1.81 bits per heavy atom. The fourth-order valence-electron chi connectivity index (χ4n) is 1.65. The summed E-state index contributed by atoms with van der Waals surface area (Å²) < 4.78 is 40.1. The molecule has 1 amide bonds. The second-order valence-electron chi connectivity index (χ2n) is 4.16. The van der Waals surface area contributed by atoms with Gasteiger partial charge in [-0.25, -0.2) is 0 Å². The van der Waals surface area contributed by atoms with Crippen LogP contribution < -0.4 is 15.8 Å². The molecular formula is C14H11F3N2O2. The summed E-state index contributed by atoms with van der Waals surface area (Å²) in [5.74, 6) is -0.890. The summed E-state index contributed by atoms with van der Waals surface area (Å²) in [5, 5.41) is 2.47. The van der Waals surface area contributed by atoms with Crippen molar-refractivity contribution in [2.45, 2.75) is 6.36 Å². The van der Waals surface area contributed by atoms with Gasteiger partial charge in [0, 0.05) is 23.0 Å². The standard InChI is InChI=1S/C14H11F3N2O2/c15-14(16,17)21-12-6-2-5-11(8-12)19-13(20)9-3-1-4-10(18)7-9/h1-8H,18H2,(H,19,20). The van der Waals surface area contributed by atoms with Gasteiger partial charge in [0.25, 0.3) is 5.91 Å². The van der Waals surface area contributed by atoms with Crippen molar-refractivity contribution in [2.75, 3.05) is 11.1 Å². The normalized spacial score (nSPS) is 11.0. The van der Waals surface area contributed by atoms with Crippen molar-refractivity contribution in [3.05, 3.63) is 54.1 Å². The van der Waals surface area contributed by atoms with E-state index in [9.17, 15) is 18.0 Å². The number of nitrogen functional groups attached to an aromatic ring is 1. The summed E-state index contributed by atoms with van der Waals surface area (Å²) in [4.78, 5) is 11.9. The quantitative estimate of drug-likeness (QED) is 0.853. The highest BCUT2D eigenvalue weighted by molar-refractivity contribution is 6.04. The Bertz CT molecular complexity index is 657. The first-order chi connectivity index (χ1) is 9.83. The van der Waals surface area contributed by atoms with Crippen LogP contribution in [0.15, 0.2) is 48.5 Å². The van der Waals surface area contributed by atoms with Crippen molar-refractivity contribution in [1.29, 1.82) is 0 Å². The average Bonchev–Trinajstić information content (AvgIpc) is 2.37. The summed E-state index contributed by atoms with van der Waals surface area (Å²) >= 11 is 0. The molecule has 4 nitrogen and oxygen atoms in total. The lowest BCUT2D eigenvalue weighted by Crippen LogP contribution is -2.17. The van der Waals surface area contributed by atoms with E-state index in [1.807, 2.05) is 0 Å². The molecule has 0 heterocycles. The highest BCUT2D eigenvalue weighted by Gasteiger charge is 2.31. The second kappa shape index (κ2) is 5.74. The fourth-order valence-corrected chi connectivity index (χ4v) is 1.65. The minimum absolute atomic E-state index is 0.184. The van der Waals surface area contributed by atoms with Crippen LogP contribution in [0.5, 0.6) is 5.75 Å². The van der Waals surface area contributed by atoms with Gasteiger partial charge in [-0.1, -0.05) is 12.1 Å². The number of carbonyl (C=O) groups excluding carboxylic acids is 1. The highest BCUT2D eigenvalue weighted by atomic mass is 19.4. The summed E-state index contributed by atoms with van der Waals surface area (Å²) in [6.45, 7) is 0. The average molecular weight is 296 g/mol. The fraction of sp³-hybridized carbons (Fsp3) is 0.0714. The molecule has 0 aliphatic rings. The maximum absolute atomic E-state index is 12.1. The molecule has 0 fully saturated rings. The number of hydrogen-bond donors (Lipinski definition) is 2. The minimum Gasteiger partial charge on any atom is -0.406 e. The highest BCUT2D eigenvalue weighted by Crippen LogP contribution is 2.25. The maximum atomic E-state index is 12.1. The molecule has 0 aliphatic carbocycles. The largest absolute Gasteiger partial charge is 0.573 e. The lowest BCUT2D eigenvalue weighted by Gasteiger charge is -2.11. The van der Waals surface area contributed by atoms with E-state index in [4.69, 9.17) is 5.73 Å². The molecular weight excluding hydrogens is 285 g/mol. The van der Waals surface area contributed by atoms with Gasteiger partial charge in [-0.3, -0.25) is 4.79 Å². The lowest BCUT2D eigenvalue weighted by molar-refractivity contribution is -0.274. The van der Waals surface area contributed by atoms with E-state index in [0.29, 0.717) is 11.3 Å². The zero-order valence-electron chi connectivity index (χ0n) is 10.6. The van der Waals surface area contributed by atoms with Crippen molar-refractivity contribution < 1.29 is 22.7 Å². The summed E-state index contributed by atoms with van der Waals surface area (Å²) in [6, 6.07) is 11.2.